The molecule has 2 rings (SSSR count). The highest BCUT2D eigenvalue weighted by molar-refractivity contribution is 7.61. The minimum atomic E-state index is -2.24. The van der Waals surface area contributed by atoms with Crippen LogP contribution in [0.1, 0.15) is 44.8 Å². The van der Waals surface area contributed by atoms with E-state index in [9.17, 15) is 0 Å². The zero-order valence-electron chi connectivity index (χ0n) is 19.4. The van der Waals surface area contributed by atoms with Gasteiger partial charge in [0, 0.05) is 6.04 Å². The fourth-order valence-electron chi connectivity index (χ4n) is 3.71. The van der Waals surface area contributed by atoms with Gasteiger partial charge in [0.25, 0.3) is 0 Å². The molecule has 7 heteroatoms. The van der Waals surface area contributed by atoms with Gasteiger partial charge in [0.1, 0.15) is 11.9 Å². The van der Waals surface area contributed by atoms with Gasteiger partial charge in [-0.1, -0.05) is 50.1 Å². The van der Waals surface area contributed by atoms with Crippen molar-refractivity contribution in [2.45, 2.75) is 90.4 Å². The third kappa shape index (κ3) is 5.90. The number of likely N-dealkylation sites (N-methyl/N-ethyl adjacent to an activating group) is 1. The summed E-state index contributed by atoms with van der Waals surface area (Å²) >= 11 is 0. The number of hydrogen-bond donors (Lipinski definition) is 0. The molecule has 0 spiro atoms. The molecular weight excluding hydrogens is 399 g/mol. The molecule has 1 aromatic rings. The number of hydrogen-bond acceptors (Lipinski definition) is 3. The Morgan fingerprint density at radius 1 is 1.14 bits per heavy atom. The van der Waals surface area contributed by atoms with Crippen LogP contribution in [-0.4, -0.2) is 40.2 Å². The Bertz CT molecular complexity index is 686. The smallest absolute Gasteiger partial charge is 0.184 e. The number of nitrogens with zero attached hydrogens (tertiary/aromatic N) is 2. The molecule has 0 bridgehead atoms. The van der Waals surface area contributed by atoms with E-state index in [4.69, 9.17) is 13.4 Å². The van der Waals surface area contributed by atoms with Gasteiger partial charge >= 0.3 is 0 Å². The zero-order chi connectivity index (χ0) is 21.2. The summed E-state index contributed by atoms with van der Waals surface area (Å²) in [4.78, 5) is 0. The lowest BCUT2D eigenvalue weighted by molar-refractivity contribution is 0.196. The van der Waals surface area contributed by atoms with Crippen molar-refractivity contribution in [1.29, 1.82) is 0 Å². The van der Waals surface area contributed by atoms with Gasteiger partial charge in [-0.15, -0.1) is 0 Å². The molecule has 0 aromatic heterocycles. The maximum Gasteiger partial charge on any atom is 0.184 e. The van der Waals surface area contributed by atoms with Crippen LogP contribution in [0.3, 0.4) is 0 Å². The monoisotopic (exact) mass is 440 g/mol. The van der Waals surface area contributed by atoms with Crippen molar-refractivity contribution in [3.63, 3.8) is 0 Å². The predicted molar refractivity (Wildman–Crippen MR) is 128 cm³/mol. The first-order valence-corrected chi connectivity index (χ1v) is 19.2. The second-order valence-electron chi connectivity index (χ2n) is 9.94. The molecule has 0 N–H and O–H groups in total. The summed E-state index contributed by atoms with van der Waals surface area (Å²) in [7, 11) is -3.49. The first-order valence-electron chi connectivity index (χ1n) is 10.7. The Morgan fingerprint density at radius 3 is 2.25 bits per heavy atom. The molecule has 1 heterocycles. The van der Waals surface area contributed by atoms with Crippen molar-refractivity contribution in [2.24, 2.45) is 4.41 Å². The molecule has 1 aromatic carbocycles. The fraction of sp³-hybridized carbons (Fsp3) is 0.714. The average Bonchev–Trinajstić information content (AvgIpc) is 2.83. The predicted octanol–water partition coefficient (Wildman–Crippen LogP) is 7.31. The van der Waals surface area contributed by atoms with E-state index in [1.54, 1.807) is 0 Å². The standard InChI is InChI=1S/C21H41N2O2PSi2/c1-10-11-17-20(25-28(7,8)9)26(22-27(4,5)6)23(3)18(2)21(24-26)19-15-13-12-14-16-19/h12-16,18,20-21H,10-11,17H2,1-9H3/t18-,20+,21-,26+/m0/s1. The van der Waals surface area contributed by atoms with Crippen LogP contribution in [0.4, 0.5) is 0 Å². The van der Waals surface area contributed by atoms with Crippen molar-refractivity contribution >= 4 is 24.0 Å². The van der Waals surface area contributed by atoms with Crippen LogP contribution in [0.25, 0.3) is 0 Å². The van der Waals surface area contributed by atoms with Crippen LogP contribution < -0.4 is 0 Å². The Hall–Kier alpha value is -0.236. The van der Waals surface area contributed by atoms with E-state index in [1.165, 1.54) is 12.0 Å². The van der Waals surface area contributed by atoms with Crippen LogP contribution in [0.15, 0.2) is 34.7 Å². The molecular formula is C21H41N2O2PSi2. The van der Waals surface area contributed by atoms with E-state index in [0.29, 0.717) is 0 Å². The summed E-state index contributed by atoms with van der Waals surface area (Å²) < 4.78 is 21.9. The Kier molecular flexibility index (Phi) is 7.96. The highest BCUT2D eigenvalue weighted by Gasteiger charge is 2.50. The Labute approximate surface area is 175 Å². The van der Waals surface area contributed by atoms with Crippen LogP contribution in [-0.2, 0) is 8.95 Å². The van der Waals surface area contributed by atoms with E-state index in [0.717, 1.165) is 12.8 Å². The van der Waals surface area contributed by atoms with Gasteiger partial charge in [-0.25, -0.2) is 4.67 Å². The third-order valence-corrected chi connectivity index (χ3v) is 12.6. The van der Waals surface area contributed by atoms with E-state index in [-0.39, 0.29) is 18.0 Å². The van der Waals surface area contributed by atoms with Gasteiger partial charge in [-0.05, 0) is 65.2 Å². The van der Waals surface area contributed by atoms with Crippen LogP contribution >= 0.6 is 7.43 Å². The number of benzene rings is 1. The quantitative estimate of drug-likeness (QED) is 0.314. The minimum Gasteiger partial charge on any atom is -0.406 e. The third-order valence-electron chi connectivity index (χ3n) is 4.99. The summed E-state index contributed by atoms with van der Waals surface area (Å²) in [5.74, 6) is 0.0759. The fourth-order valence-corrected chi connectivity index (χ4v) is 13.3. The summed E-state index contributed by atoms with van der Waals surface area (Å²) in [5.41, 5.74) is 1.25. The topological polar surface area (TPSA) is 34.1 Å². The van der Waals surface area contributed by atoms with Gasteiger partial charge in [0.05, 0.1) is 0 Å². The lowest BCUT2D eigenvalue weighted by Crippen LogP contribution is -2.36. The van der Waals surface area contributed by atoms with Crippen molar-refractivity contribution in [3.05, 3.63) is 35.9 Å². The van der Waals surface area contributed by atoms with Crippen LogP contribution in [0, 0.1) is 0 Å². The molecule has 1 aliphatic rings. The van der Waals surface area contributed by atoms with Gasteiger partial charge < -0.3 is 13.4 Å². The molecule has 0 amide bonds. The summed E-state index contributed by atoms with van der Waals surface area (Å²) in [5, 5.41) is 0. The average molecular weight is 441 g/mol. The van der Waals surface area contributed by atoms with Crippen LogP contribution in [0.5, 0.6) is 0 Å². The van der Waals surface area contributed by atoms with Crippen molar-refractivity contribution in [2.75, 3.05) is 7.05 Å². The molecule has 1 saturated heterocycles. The Balaban J connectivity index is 2.57. The summed E-state index contributed by atoms with van der Waals surface area (Å²) in [6.45, 7) is 18.3. The number of unbranched alkanes of at least 4 members (excludes halogenated alkanes) is 1. The van der Waals surface area contributed by atoms with Crippen molar-refractivity contribution in [1.82, 2.24) is 4.67 Å². The second kappa shape index (κ2) is 9.28. The van der Waals surface area contributed by atoms with E-state index in [1.807, 2.05) is 0 Å². The maximum absolute atomic E-state index is 7.04. The molecule has 0 unspecified atom stereocenters. The molecule has 1 aliphatic heterocycles. The van der Waals surface area contributed by atoms with Crippen molar-refractivity contribution in [3.8, 4) is 0 Å². The van der Waals surface area contributed by atoms with Crippen LogP contribution in [0.2, 0.25) is 39.3 Å². The first kappa shape index (κ1) is 24.0. The molecule has 4 nitrogen and oxygen atoms in total. The first-order chi connectivity index (χ1) is 12.9. The van der Waals surface area contributed by atoms with E-state index < -0.39 is 24.0 Å². The molecule has 4 atom stereocenters. The molecule has 0 aliphatic carbocycles. The molecule has 160 valence electrons. The second-order valence-corrected chi connectivity index (χ2v) is 22.1. The van der Waals surface area contributed by atoms with Gasteiger partial charge in [-0.3, -0.25) is 0 Å². The summed E-state index contributed by atoms with van der Waals surface area (Å²) in [6, 6.07) is 10.9. The normalized spacial score (nSPS) is 27.8. The Morgan fingerprint density at radius 2 is 1.75 bits per heavy atom. The van der Waals surface area contributed by atoms with Gasteiger partial charge in [0.2, 0.25) is 0 Å². The summed E-state index contributed by atoms with van der Waals surface area (Å²) in [6.07, 6.45) is 3.40. The lowest BCUT2D eigenvalue weighted by atomic mass is 10.0. The molecule has 0 radical (unpaired) electrons. The molecule has 0 saturated carbocycles. The highest BCUT2D eigenvalue weighted by Crippen LogP contribution is 2.69. The molecule has 28 heavy (non-hydrogen) atoms. The molecule has 1 fully saturated rings. The zero-order valence-corrected chi connectivity index (χ0v) is 22.3. The van der Waals surface area contributed by atoms with Gasteiger partial charge in [0.15, 0.2) is 24.0 Å². The van der Waals surface area contributed by atoms with Gasteiger partial charge in [-0.2, -0.15) is 0 Å². The number of rotatable bonds is 8. The van der Waals surface area contributed by atoms with E-state index >= 15 is 0 Å². The van der Waals surface area contributed by atoms with E-state index in [2.05, 4.69) is 95.2 Å². The highest BCUT2D eigenvalue weighted by atomic mass is 31.2. The minimum absolute atomic E-state index is 0.0500. The SMILES string of the molecule is CCCC[C@H](O[Si](C)(C)C)[P@]1(=N[Si](C)(C)C)O[C@H](c2ccccc2)[C@H](C)N1C. The maximum atomic E-state index is 7.04. The van der Waals surface area contributed by atoms with Crippen molar-refractivity contribution < 1.29 is 8.95 Å². The largest absolute Gasteiger partial charge is 0.406 e. The lowest BCUT2D eigenvalue weighted by Gasteiger charge is -2.39.